The van der Waals surface area contributed by atoms with Crippen molar-refractivity contribution in [3.8, 4) is 0 Å². The van der Waals surface area contributed by atoms with Crippen molar-refractivity contribution < 1.29 is 14.3 Å². The maximum atomic E-state index is 12.0. The van der Waals surface area contributed by atoms with E-state index in [2.05, 4.69) is 32.9 Å². The number of amides is 1. The van der Waals surface area contributed by atoms with Crippen molar-refractivity contribution >= 4 is 27.8 Å². The number of Topliss-reactive ketones (excluding diaryl/α,β-unsaturated/α-hetero) is 1. The normalized spacial score (nSPS) is 28.5. The fourth-order valence-corrected chi connectivity index (χ4v) is 2.96. The minimum absolute atomic E-state index is 0.0393. The van der Waals surface area contributed by atoms with Crippen LogP contribution in [0.15, 0.2) is 0 Å². The van der Waals surface area contributed by atoms with Gasteiger partial charge in [-0.05, 0) is 31.6 Å². The van der Waals surface area contributed by atoms with Crippen LogP contribution in [0.2, 0.25) is 0 Å². The topological polar surface area (TPSA) is 55.4 Å². The van der Waals surface area contributed by atoms with Gasteiger partial charge in [0.15, 0.2) is 5.78 Å². The number of ether oxygens (including phenoxy) is 1. The quantitative estimate of drug-likeness (QED) is 0.812. The van der Waals surface area contributed by atoms with Crippen LogP contribution in [0.25, 0.3) is 0 Å². The predicted octanol–water partition coefficient (Wildman–Crippen LogP) is 2.65. The van der Waals surface area contributed by atoms with Gasteiger partial charge in [0.2, 0.25) is 0 Å². The van der Waals surface area contributed by atoms with Crippen LogP contribution in [0.1, 0.15) is 39.0 Å². The summed E-state index contributed by atoms with van der Waals surface area (Å²) in [4.78, 5) is 23.4. The fourth-order valence-electron chi connectivity index (χ4n) is 2.43. The number of methoxy groups -OCH3 is 1. The molecule has 1 fully saturated rings. The minimum atomic E-state index is -0.720. The van der Waals surface area contributed by atoms with Crippen molar-refractivity contribution in [3.63, 3.8) is 0 Å². The van der Waals surface area contributed by atoms with Crippen LogP contribution in [0.3, 0.4) is 0 Å². The van der Waals surface area contributed by atoms with Crippen LogP contribution in [0, 0.1) is 5.92 Å². The van der Waals surface area contributed by atoms with Gasteiger partial charge in [-0.2, -0.15) is 0 Å². The fraction of sp³-hybridized carbons (Fsp3) is 0.833. The van der Waals surface area contributed by atoms with E-state index in [1.54, 1.807) is 0 Å². The van der Waals surface area contributed by atoms with Gasteiger partial charge in [0.25, 0.3) is 0 Å². The summed E-state index contributed by atoms with van der Waals surface area (Å²) in [5.41, 5.74) is -0.720. The zero-order valence-corrected chi connectivity index (χ0v) is 12.0. The second-order valence-electron chi connectivity index (χ2n) is 4.61. The lowest BCUT2D eigenvalue weighted by Gasteiger charge is -2.38. The molecule has 0 bridgehead atoms. The molecule has 1 aliphatic rings. The van der Waals surface area contributed by atoms with Crippen LogP contribution in [0.4, 0.5) is 4.79 Å². The van der Waals surface area contributed by atoms with Crippen LogP contribution in [-0.2, 0) is 9.53 Å². The van der Waals surface area contributed by atoms with Crippen molar-refractivity contribution in [1.29, 1.82) is 0 Å². The Balaban J connectivity index is 2.74. The molecule has 0 heterocycles. The predicted molar refractivity (Wildman–Crippen MR) is 69.3 cm³/mol. The molecule has 98 valence electrons. The van der Waals surface area contributed by atoms with Gasteiger partial charge in [0.05, 0.1) is 12.4 Å². The van der Waals surface area contributed by atoms with Gasteiger partial charge in [0.1, 0.15) is 5.54 Å². The summed E-state index contributed by atoms with van der Waals surface area (Å²) in [6, 6.07) is 0. The summed E-state index contributed by atoms with van der Waals surface area (Å²) in [7, 11) is 1.32. The van der Waals surface area contributed by atoms with Gasteiger partial charge in [-0.25, -0.2) is 4.79 Å². The first-order valence-corrected chi connectivity index (χ1v) is 7.15. The third kappa shape index (κ3) is 3.44. The minimum Gasteiger partial charge on any atom is -0.453 e. The molecule has 0 spiro atoms. The van der Waals surface area contributed by atoms with Gasteiger partial charge in [-0.1, -0.05) is 29.3 Å². The van der Waals surface area contributed by atoms with E-state index in [4.69, 9.17) is 0 Å². The SMILES string of the molecule is CCC1CCC(NC(=O)OC)(C(=O)CBr)CC1. The Bertz CT molecular complexity index is 285. The van der Waals surface area contributed by atoms with Crippen LogP contribution < -0.4 is 5.32 Å². The summed E-state index contributed by atoms with van der Waals surface area (Å²) < 4.78 is 4.61. The largest absolute Gasteiger partial charge is 0.453 e. The van der Waals surface area contributed by atoms with Crippen molar-refractivity contribution in [2.75, 3.05) is 12.4 Å². The van der Waals surface area contributed by atoms with Crippen molar-refractivity contribution in [2.45, 2.75) is 44.6 Å². The highest BCUT2D eigenvalue weighted by Crippen LogP contribution is 2.34. The second kappa shape index (κ2) is 6.38. The van der Waals surface area contributed by atoms with E-state index in [1.807, 2.05) is 0 Å². The first-order valence-electron chi connectivity index (χ1n) is 6.03. The summed E-state index contributed by atoms with van der Waals surface area (Å²) in [6.45, 7) is 2.16. The lowest BCUT2D eigenvalue weighted by Crippen LogP contribution is -2.56. The lowest BCUT2D eigenvalue weighted by atomic mass is 9.74. The number of hydrogen-bond acceptors (Lipinski definition) is 3. The van der Waals surface area contributed by atoms with E-state index in [0.29, 0.717) is 18.8 Å². The van der Waals surface area contributed by atoms with Gasteiger partial charge in [0, 0.05) is 0 Å². The van der Waals surface area contributed by atoms with Crippen molar-refractivity contribution in [2.24, 2.45) is 5.92 Å². The Hall–Kier alpha value is -0.580. The molecule has 0 aromatic carbocycles. The first-order chi connectivity index (χ1) is 8.07. The molecular formula is C12H20BrNO3. The number of alkyl halides is 1. The summed E-state index contributed by atoms with van der Waals surface area (Å²) in [5.74, 6) is 0.711. The Morgan fingerprint density at radius 3 is 2.41 bits per heavy atom. The van der Waals surface area contributed by atoms with Gasteiger partial charge < -0.3 is 10.1 Å². The van der Waals surface area contributed by atoms with E-state index in [9.17, 15) is 9.59 Å². The zero-order valence-electron chi connectivity index (χ0n) is 10.4. The first kappa shape index (κ1) is 14.5. The maximum Gasteiger partial charge on any atom is 0.407 e. The number of rotatable bonds is 4. The molecule has 1 aliphatic carbocycles. The third-order valence-corrected chi connectivity index (χ3v) is 4.23. The molecule has 0 atom stereocenters. The lowest BCUT2D eigenvalue weighted by molar-refractivity contribution is -0.124. The molecule has 1 rings (SSSR count). The number of ketones is 1. The van der Waals surface area contributed by atoms with Crippen LogP contribution >= 0.6 is 15.9 Å². The Morgan fingerprint density at radius 1 is 1.41 bits per heavy atom. The summed E-state index contributed by atoms with van der Waals surface area (Å²) in [5, 5.41) is 3.01. The number of nitrogens with one attached hydrogen (secondary N) is 1. The highest BCUT2D eigenvalue weighted by Gasteiger charge is 2.42. The van der Waals surface area contributed by atoms with Crippen LogP contribution in [-0.4, -0.2) is 29.9 Å². The zero-order chi connectivity index (χ0) is 12.9. The Kier molecular flexibility index (Phi) is 5.43. The van der Waals surface area contributed by atoms with E-state index in [-0.39, 0.29) is 11.1 Å². The number of carbonyl (C=O) groups is 2. The maximum absolute atomic E-state index is 12.0. The Labute approximate surface area is 111 Å². The molecule has 1 amide bonds. The van der Waals surface area contributed by atoms with Crippen molar-refractivity contribution in [1.82, 2.24) is 5.32 Å². The van der Waals surface area contributed by atoms with E-state index < -0.39 is 11.6 Å². The highest BCUT2D eigenvalue weighted by atomic mass is 79.9. The molecule has 1 saturated carbocycles. The monoisotopic (exact) mass is 305 g/mol. The van der Waals surface area contributed by atoms with Crippen molar-refractivity contribution in [3.05, 3.63) is 0 Å². The molecule has 0 aromatic rings. The molecule has 0 unspecified atom stereocenters. The van der Waals surface area contributed by atoms with Gasteiger partial charge in [-0.3, -0.25) is 4.79 Å². The molecular weight excluding hydrogens is 286 g/mol. The molecule has 0 aromatic heterocycles. The van der Waals surface area contributed by atoms with Gasteiger partial charge in [-0.15, -0.1) is 0 Å². The molecule has 0 aliphatic heterocycles. The number of carbonyl (C=O) groups excluding carboxylic acids is 2. The van der Waals surface area contributed by atoms with E-state index in [1.165, 1.54) is 7.11 Å². The number of alkyl carbamates (subject to hydrolysis) is 1. The van der Waals surface area contributed by atoms with E-state index >= 15 is 0 Å². The molecule has 1 N–H and O–H groups in total. The van der Waals surface area contributed by atoms with E-state index in [0.717, 1.165) is 19.3 Å². The molecule has 0 radical (unpaired) electrons. The average Bonchev–Trinajstić information content (AvgIpc) is 2.38. The molecule has 4 nitrogen and oxygen atoms in total. The van der Waals surface area contributed by atoms with Crippen LogP contribution in [0.5, 0.6) is 0 Å². The number of halogens is 1. The standard InChI is InChI=1S/C12H20BrNO3/c1-3-9-4-6-12(7-5-9,10(15)8-13)14-11(16)17-2/h9H,3-8H2,1-2H3,(H,14,16). The molecule has 5 heteroatoms. The Morgan fingerprint density at radius 2 is 2.00 bits per heavy atom. The number of hydrogen-bond donors (Lipinski definition) is 1. The highest BCUT2D eigenvalue weighted by molar-refractivity contribution is 9.09. The van der Waals surface area contributed by atoms with Gasteiger partial charge >= 0.3 is 6.09 Å². The molecule has 17 heavy (non-hydrogen) atoms. The molecule has 0 saturated heterocycles. The second-order valence-corrected chi connectivity index (χ2v) is 5.17. The summed E-state index contributed by atoms with van der Waals surface area (Å²) in [6.07, 6.45) is 4.01. The average molecular weight is 306 g/mol. The third-order valence-electron chi connectivity index (χ3n) is 3.72. The smallest absolute Gasteiger partial charge is 0.407 e. The summed E-state index contributed by atoms with van der Waals surface area (Å²) >= 11 is 3.19.